The van der Waals surface area contributed by atoms with Gasteiger partial charge in [-0.25, -0.2) is 4.98 Å². The fraction of sp³-hybridized carbons (Fsp3) is 0.474. The Kier molecular flexibility index (Phi) is 5.51. The largest absolute Gasteiger partial charge is 0.486 e. The van der Waals surface area contributed by atoms with Gasteiger partial charge >= 0.3 is 0 Å². The lowest BCUT2D eigenvalue weighted by atomic mass is 9.87. The molecule has 1 aliphatic rings. The van der Waals surface area contributed by atoms with Crippen molar-refractivity contribution in [2.45, 2.75) is 45.1 Å². The standard InChI is InChI=1S/C19H25N3O2/c1-22-12-11-20-18(22)14-24-17-9-7-16(8-10-17)21-19(23)13-15-5-3-2-4-6-15/h7-12,15H,2-6,13-14H2,1H3,(H,21,23). The highest BCUT2D eigenvalue weighted by atomic mass is 16.5. The molecule has 128 valence electrons. The summed E-state index contributed by atoms with van der Waals surface area (Å²) in [5, 5.41) is 2.98. The van der Waals surface area contributed by atoms with Crippen LogP contribution in [0.1, 0.15) is 44.3 Å². The van der Waals surface area contributed by atoms with Crippen LogP contribution < -0.4 is 10.1 Å². The molecule has 1 aliphatic carbocycles. The second-order valence-corrected chi connectivity index (χ2v) is 6.52. The average molecular weight is 327 g/mol. The number of anilines is 1. The van der Waals surface area contributed by atoms with Gasteiger partial charge in [0.25, 0.3) is 0 Å². The molecule has 0 spiro atoms. The van der Waals surface area contributed by atoms with E-state index < -0.39 is 0 Å². The van der Waals surface area contributed by atoms with Gasteiger partial charge in [-0.2, -0.15) is 0 Å². The second-order valence-electron chi connectivity index (χ2n) is 6.52. The average Bonchev–Trinajstić information content (AvgIpc) is 3.00. The first-order valence-corrected chi connectivity index (χ1v) is 8.69. The third kappa shape index (κ3) is 4.60. The molecule has 0 bridgehead atoms. The molecule has 0 atom stereocenters. The van der Waals surface area contributed by atoms with Gasteiger partial charge in [-0.15, -0.1) is 0 Å². The van der Waals surface area contributed by atoms with Crippen LogP contribution in [0.25, 0.3) is 0 Å². The van der Waals surface area contributed by atoms with Crippen LogP contribution in [-0.4, -0.2) is 15.5 Å². The molecule has 24 heavy (non-hydrogen) atoms. The van der Waals surface area contributed by atoms with E-state index in [1.165, 1.54) is 32.1 Å². The summed E-state index contributed by atoms with van der Waals surface area (Å²) in [5.74, 6) is 2.31. The smallest absolute Gasteiger partial charge is 0.224 e. The molecule has 5 nitrogen and oxygen atoms in total. The van der Waals surface area contributed by atoms with Gasteiger partial charge in [-0.1, -0.05) is 19.3 Å². The highest BCUT2D eigenvalue weighted by molar-refractivity contribution is 5.90. The molecule has 1 aromatic heterocycles. The maximum atomic E-state index is 12.1. The molecule has 1 amide bonds. The zero-order chi connectivity index (χ0) is 16.8. The molecular weight excluding hydrogens is 302 g/mol. The number of carbonyl (C=O) groups excluding carboxylic acids is 1. The van der Waals surface area contributed by atoms with Crippen molar-refractivity contribution < 1.29 is 9.53 Å². The van der Waals surface area contributed by atoms with Gasteiger partial charge in [0.2, 0.25) is 5.91 Å². The van der Waals surface area contributed by atoms with Crippen LogP contribution in [0.5, 0.6) is 5.75 Å². The Morgan fingerprint density at radius 3 is 2.67 bits per heavy atom. The summed E-state index contributed by atoms with van der Waals surface area (Å²) in [4.78, 5) is 16.4. The van der Waals surface area contributed by atoms with E-state index in [2.05, 4.69) is 10.3 Å². The molecule has 1 aromatic carbocycles. The minimum atomic E-state index is 0.114. The minimum absolute atomic E-state index is 0.114. The van der Waals surface area contributed by atoms with Crippen LogP contribution in [0.4, 0.5) is 5.69 Å². The highest BCUT2D eigenvalue weighted by Gasteiger charge is 2.17. The molecule has 0 aliphatic heterocycles. The number of imidazole rings is 1. The van der Waals surface area contributed by atoms with Gasteiger partial charge in [0.1, 0.15) is 18.2 Å². The number of aryl methyl sites for hydroxylation is 1. The van der Waals surface area contributed by atoms with Crippen molar-refractivity contribution in [2.75, 3.05) is 5.32 Å². The summed E-state index contributed by atoms with van der Waals surface area (Å²) in [5.41, 5.74) is 0.820. The lowest BCUT2D eigenvalue weighted by molar-refractivity contribution is -0.117. The summed E-state index contributed by atoms with van der Waals surface area (Å²) in [6.07, 6.45) is 10.5. The van der Waals surface area contributed by atoms with Crippen LogP contribution in [0, 0.1) is 5.92 Å². The number of amides is 1. The molecule has 5 heteroatoms. The number of hydrogen-bond acceptors (Lipinski definition) is 3. The van der Waals surface area contributed by atoms with Crippen LogP contribution in [0.15, 0.2) is 36.7 Å². The van der Waals surface area contributed by atoms with E-state index in [1.54, 1.807) is 6.20 Å². The summed E-state index contributed by atoms with van der Waals surface area (Å²) in [7, 11) is 1.94. The number of ether oxygens (including phenoxy) is 1. The van der Waals surface area contributed by atoms with E-state index in [1.807, 2.05) is 42.1 Å². The Morgan fingerprint density at radius 1 is 1.25 bits per heavy atom. The third-order valence-corrected chi connectivity index (χ3v) is 4.63. The second kappa shape index (κ2) is 7.99. The van der Waals surface area contributed by atoms with Crippen LogP contribution in [0.3, 0.4) is 0 Å². The number of hydrogen-bond donors (Lipinski definition) is 1. The topological polar surface area (TPSA) is 56.1 Å². The van der Waals surface area contributed by atoms with Gasteiger partial charge in [0, 0.05) is 31.5 Å². The van der Waals surface area contributed by atoms with E-state index in [0.717, 1.165) is 17.3 Å². The van der Waals surface area contributed by atoms with Crippen molar-refractivity contribution in [2.24, 2.45) is 13.0 Å². The summed E-state index contributed by atoms with van der Waals surface area (Å²) in [6.45, 7) is 0.427. The Morgan fingerprint density at radius 2 is 2.00 bits per heavy atom. The van der Waals surface area contributed by atoms with Crippen molar-refractivity contribution in [3.05, 3.63) is 42.5 Å². The Bertz CT molecular complexity index is 658. The van der Waals surface area contributed by atoms with E-state index in [9.17, 15) is 4.79 Å². The number of carbonyl (C=O) groups is 1. The maximum absolute atomic E-state index is 12.1. The predicted molar refractivity (Wildman–Crippen MR) is 93.8 cm³/mol. The number of nitrogens with zero attached hydrogens (tertiary/aromatic N) is 2. The zero-order valence-corrected chi connectivity index (χ0v) is 14.2. The maximum Gasteiger partial charge on any atom is 0.224 e. The molecule has 1 heterocycles. The van der Waals surface area contributed by atoms with Gasteiger partial charge in [-0.3, -0.25) is 4.79 Å². The molecule has 1 fully saturated rings. The van der Waals surface area contributed by atoms with Gasteiger partial charge in [0.15, 0.2) is 0 Å². The zero-order valence-electron chi connectivity index (χ0n) is 14.2. The van der Waals surface area contributed by atoms with E-state index >= 15 is 0 Å². The SMILES string of the molecule is Cn1ccnc1COc1ccc(NC(=O)CC2CCCCC2)cc1. The third-order valence-electron chi connectivity index (χ3n) is 4.63. The molecular formula is C19H25N3O2. The fourth-order valence-electron chi connectivity index (χ4n) is 3.18. The molecule has 0 unspecified atom stereocenters. The van der Waals surface area contributed by atoms with Gasteiger partial charge < -0.3 is 14.6 Å². The first kappa shape index (κ1) is 16.6. The van der Waals surface area contributed by atoms with Crippen molar-refractivity contribution >= 4 is 11.6 Å². The van der Waals surface area contributed by atoms with Crippen LogP contribution >= 0.6 is 0 Å². The normalized spacial score (nSPS) is 15.2. The predicted octanol–water partition coefficient (Wildman–Crippen LogP) is 3.91. The Hall–Kier alpha value is -2.30. The molecule has 3 rings (SSSR count). The summed E-state index contributed by atoms with van der Waals surface area (Å²) in [6, 6.07) is 7.51. The first-order chi connectivity index (χ1) is 11.7. The van der Waals surface area contributed by atoms with Gasteiger partial charge in [0.05, 0.1) is 0 Å². The quantitative estimate of drug-likeness (QED) is 0.875. The van der Waals surface area contributed by atoms with Crippen LogP contribution in [-0.2, 0) is 18.4 Å². The first-order valence-electron chi connectivity index (χ1n) is 8.69. The molecule has 1 N–H and O–H groups in total. The van der Waals surface area contributed by atoms with Crippen molar-refractivity contribution in [3.63, 3.8) is 0 Å². The molecule has 2 aromatic rings. The van der Waals surface area contributed by atoms with E-state index in [-0.39, 0.29) is 5.91 Å². The Balaban J connectivity index is 1.47. The number of nitrogens with one attached hydrogen (secondary N) is 1. The monoisotopic (exact) mass is 327 g/mol. The molecule has 0 saturated heterocycles. The lowest BCUT2D eigenvalue weighted by Crippen LogP contribution is -2.18. The van der Waals surface area contributed by atoms with E-state index in [0.29, 0.717) is 18.9 Å². The van der Waals surface area contributed by atoms with Crippen molar-refractivity contribution in [1.29, 1.82) is 0 Å². The fourth-order valence-corrected chi connectivity index (χ4v) is 3.18. The van der Waals surface area contributed by atoms with Crippen molar-refractivity contribution in [1.82, 2.24) is 9.55 Å². The number of rotatable bonds is 6. The molecule has 0 radical (unpaired) electrons. The Labute approximate surface area is 143 Å². The van der Waals surface area contributed by atoms with Crippen molar-refractivity contribution in [3.8, 4) is 5.75 Å². The van der Waals surface area contributed by atoms with Gasteiger partial charge in [-0.05, 0) is 43.0 Å². The van der Waals surface area contributed by atoms with Crippen LogP contribution in [0.2, 0.25) is 0 Å². The number of benzene rings is 1. The lowest BCUT2D eigenvalue weighted by Gasteiger charge is -2.20. The van der Waals surface area contributed by atoms with E-state index in [4.69, 9.17) is 4.74 Å². The number of aromatic nitrogens is 2. The minimum Gasteiger partial charge on any atom is -0.486 e. The summed E-state index contributed by atoms with van der Waals surface area (Å²) < 4.78 is 7.65. The highest BCUT2D eigenvalue weighted by Crippen LogP contribution is 2.26. The molecule has 1 saturated carbocycles. The summed E-state index contributed by atoms with van der Waals surface area (Å²) >= 11 is 0.